The fourth-order valence-electron chi connectivity index (χ4n) is 2.62. The largest absolute Gasteiger partial charge is 0.483 e. The summed E-state index contributed by atoms with van der Waals surface area (Å²) in [6, 6.07) is 22.7. The SMILES string of the molecule is CC(Oc1ccc(-c2ccccc2)cc1)C(=O)NNC(=O)COc1ccc(Br)cc1Br. The van der Waals surface area contributed by atoms with Gasteiger partial charge in [-0.2, -0.15) is 0 Å². The predicted molar refractivity (Wildman–Crippen MR) is 126 cm³/mol. The second-order valence-corrected chi connectivity index (χ2v) is 8.32. The molecule has 3 aromatic carbocycles. The molecule has 1 atom stereocenters. The monoisotopic (exact) mass is 546 g/mol. The number of carbonyl (C=O) groups is 2. The molecule has 0 aliphatic carbocycles. The van der Waals surface area contributed by atoms with Gasteiger partial charge in [0.25, 0.3) is 11.8 Å². The van der Waals surface area contributed by atoms with E-state index in [1.807, 2.05) is 42.5 Å². The molecule has 0 heterocycles. The normalized spacial score (nSPS) is 11.3. The Balaban J connectivity index is 1.44. The number of benzene rings is 3. The molecule has 0 spiro atoms. The summed E-state index contributed by atoms with van der Waals surface area (Å²) in [5.41, 5.74) is 6.80. The van der Waals surface area contributed by atoms with E-state index >= 15 is 0 Å². The molecule has 3 rings (SSSR count). The number of rotatable bonds is 7. The summed E-state index contributed by atoms with van der Waals surface area (Å²) in [7, 11) is 0. The highest BCUT2D eigenvalue weighted by molar-refractivity contribution is 9.11. The third-order valence-corrected chi connectivity index (χ3v) is 5.33. The molecule has 0 radical (unpaired) electrons. The Morgan fingerprint density at radius 2 is 1.58 bits per heavy atom. The topological polar surface area (TPSA) is 76.7 Å². The second-order valence-electron chi connectivity index (χ2n) is 6.55. The van der Waals surface area contributed by atoms with E-state index < -0.39 is 17.9 Å². The second kappa shape index (κ2) is 11.0. The Morgan fingerprint density at radius 1 is 0.903 bits per heavy atom. The van der Waals surface area contributed by atoms with Crippen LogP contribution in [0.1, 0.15) is 6.92 Å². The van der Waals surface area contributed by atoms with Gasteiger partial charge in [-0.05, 0) is 64.3 Å². The molecule has 1 unspecified atom stereocenters. The van der Waals surface area contributed by atoms with E-state index in [1.54, 1.807) is 37.3 Å². The maximum atomic E-state index is 12.2. The standard InChI is InChI=1S/C23H20Br2N2O4/c1-15(31-19-10-7-17(8-11-19)16-5-3-2-4-6-16)23(29)27-26-22(28)14-30-21-12-9-18(24)13-20(21)25/h2-13,15H,14H2,1H3,(H,26,28)(H,27,29). The van der Waals surface area contributed by atoms with Crippen molar-refractivity contribution in [2.75, 3.05) is 6.61 Å². The number of carbonyl (C=O) groups excluding carboxylic acids is 2. The number of amides is 2. The van der Waals surface area contributed by atoms with Crippen LogP contribution in [0.15, 0.2) is 81.7 Å². The first kappa shape index (κ1) is 22.8. The molecule has 0 aliphatic rings. The van der Waals surface area contributed by atoms with Gasteiger partial charge in [0.15, 0.2) is 12.7 Å². The summed E-state index contributed by atoms with van der Waals surface area (Å²) < 4.78 is 12.7. The number of hydrogen-bond donors (Lipinski definition) is 2. The van der Waals surface area contributed by atoms with Gasteiger partial charge in [-0.25, -0.2) is 0 Å². The van der Waals surface area contributed by atoms with Crippen LogP contribution in [0.4, 0.5) is 0 Å². The quantitative estimate of drug-likeness (QED) is 0.414. The smallest absolute Gasteiger partial charge is 0.279 e. The Bertz CT molecular complexity index is 1040. The predicted octanol–water partition coefficient (Wildman–Crippen LogP) is 4.87. The number of hydrogen-bond acceptors (Lipinski definition) is 4. The van der Waals surface area contributed by atoms with Gasteiger partial charge in [-0.3, -0.25) is 20.4 Å². The molecular weight excluding hydrogens is 528 g/mol. The van der Waals surface area contributed by atoms with Crippen LogP contribution in [0.5, 0.6) is 11.5 Å². The van der Waals surface area contributed by atoms with E-state index in [-0.39, 0.29) is 6.61 Å². The van der Waals surface area contributed by atoms with Gasteiger partial charge in [0.1, 0.15) is 11.5 Å². The molecule has 2 amide bonds. The number of nitrogens with one attached hydrogen (secondary N) is 2. The summed E-state index contributed by atoms with van der Waals surface area (Å²) in [4.78, 5) is 24.1. The summed E-state index contributed by atoms with van der Waals surface area (Å²) in [6.07, 6.45) is -0.801. The van der Waals surface area contributed by atoms with E-state index in [4.69, 9.17) is 9.47 Å². The fraction of sp³-hybridized carbons (Fsp3) is 0.130. The molecule has 0 aromatic heterocycles. The fourth-order valence-corrected chi connectivity index (χ4v) is 3.78. The summed E-state index contributed by atoms with van der Waals surface area (Å²) in [6.45, 7) is 1.35. The van der Waals surface area contributed by atoms with Crippen molar-refractivity contribution in [2.24, 2.45) is 0 Å². The van der Waals surface area contributed by atoms with Gasteiger partial charge in [-0.15, -0.1) is 0 Å². The van der Waals surface area contributed by atoms with Gasteiger partial charge in [0.05, 0.1) is 4.47 Å². The average molecular weight is 548 g/mol. The molecular formula is C23H20Br2N2O4. The zero-order chi connectivity index (χ0) is 22.2. The van der Waals surface area contributed by atoms with E-state index in [0.29, 0.717) is 16.0 Å². The van der Waals surface area contributed by atoms with E-state index in [0.717, 1.165) is 15.6 Å². The van der Waals surface area contributed by atoms with Crippen molar-refractivity contribution in [2.45, 2.75) is 13.0 Å². The number of halogens is 2. The highest BCUT2D eigenvalue weighted by Crippen LogP contribution is 2.28. The Morgan fingerprint density at radius 3 is 2.26 bits per heavy atom. The molecule has 160 valence electrons. The van der Waals surface area contributed by atoms with Crippen molar-refractivity contribution in [3.63, 3.8) is 0 Å². The first-order valence-electron chi connectivity index (χ1n) is 9.41. The van der Waals surface area contributed by atoms with Crippen molar-refractivity contribution < 1.29 is 19.1 Å². The highest BCUT2D eigenvalue weighted by atomic mass is 79.9. The first-order valence-corrected chi connectivity index (χ1v) is 11.0. The molecule has 0 bridgehead atoms. The van der Waals surface area contributed by atoms with Crippen molar-refractivity contribution in [1.29, 1.82) is 0 Å². The van der Waals surface area contributed by atoms with Gasteiger partial charge < -0.3 is 9.47 Å². The zero-order valence-electron chi connectivity index (χ0n) is 16.6. The molecule has 0 fully saturated rings. The average Bonchev–Trinajstić information content (AvgIpc) is 2.78. The van der Waals surface area contributed by atoms with E-state index in [2.05, 4.69) is 42.7 Å². The minimum Gasteiger partial charge on any atom is -0.483 e. The van der Waals surface area contributed by atoms with E-state index in [9.17, 15) is 9.59 Å². The lowest BCUT2D eigenvalue weighted by Crippen LogP contribution is -2.48. The van der Waals surface area contributed by atoms with Gasteiger partial charge in [0, 0.05) is 4.47 Å². The summed E-state index contributed by atoms with van der Waals surface area (Å²) in [5.74, 6) is 0.0882. The van der Waals surface area contributed by atoms with Gasteiger partial charge >= 0.3 is 0 Å². The van der Waals surface area contributed by atoms with Crippen LogP contribution >= 0.6 is 31.9 Å². The molecule has 6 nitrogen and oxygen atoms in total. The number of hydrazine groups is 1. The van der Waals surface area contributed by atoms with Crippen LogP contribution in [0.3, 0.4) is 0 Å². The molecule has 0 saturated heterocycles. The van der Waals surface area contributed by atoms with Gasteiger partial charge in [-0.1, -0.05) is 58.4 Å². The van der Waals surface area contributed by atoms with Crippen molar-refractivity contribution in [1.82, 2.24) is 10.9 Å². The Kier molecular flexibility index (Phi) is 8.08. The summed E-state index contributed by atoms with van der Waals surface area (Å²) in [5, 5.41) is 0. The highest BCUT2D eigenvalue weighted by Gasteiger charge is 2.16. The minimum atomic E-state index is -0.801. The first-order chi connectivity index (χ1) is 14.9. The molecule has 2 N–H and O–H groups in total. The van der Waals surface area contributed by atoms with Crippen molar-refractivity contribution >= 4 is 43.7 Å². The molecule has 8 heteroatoms. The molecule has 0 aliphatic heterocycles. The van der Waals surface area contributed by atoms with Crippen molar-refractivity contribution in [3.8, 4) is 22.6 Å². The third kappa shape index (κ3) is 6.83. The third-order valence-electron chi connectivity index (χ3n) is 4.22. The lowest BCUT2D eigenvalue weighted by atomic mass is 10.1. The van der Waals surface area contributed by atoms with Crippen LogP contribution in [0.25, 0.3) is 11.1 Å². The van der Waals surface area contributed by atoms with Gasteiger partial charge in [0.2, 0.25) is 0 Å². The number of ether oxygens (including phenoxy) is 2. The summed E-state index contributed by atoms with van der Waals surface area (Å²) >= 11 is 6.70. The Labute approximate surface area is 197 Å². The molecule has 31 heavy (non-hydrogen) atoms. The zero-order valence-corrected chi connectivity index (χ0v) is 19.8. The van der Waals surface area contributed by atoms with Crippen LogP contribution in [0.2, 0.25) is 0 Å². The lowest BCUT2D eigenvalue weighted by Gasteiger charge is -2.16. The van der Waals surface area contributed by atoms with Crippen molar-refractivity contribution in [3.05, 3.63) is 81.7 Å². The van der Waals surface area contributed by atoms with Crippen LogP contribution < -0.4 is 20.3 Å². The van der Waals surface area contributed by atoms with Crippen LogP contribution in [0, 0.1) is 0 Å². The van der Waals surface area contributed by atoms with Crippen LogP contribution in [-0.2, 0) is 9.59 Å². The molecule has 3 aromatic rings. The maximum absolute atomic E-state index is 12.2. The maximum Gasteiger partial charge on any atom is 0.279 e. The minimum absolute atomic E-state index is 0.253. The molecule has 0 saturated carbocycles. The Hall–Kier alpha value is -2.84. The van der Waals surface area contributed by atoms with E-state index in [1.165, 1.54) is 0 Å². The lowest BCUT2D eigenvalue weighted by molar-refractivity contribution is -0.133. The van der Waals surface area contributed by atoms with Crippen LogP contribution in [-0.4, -0.2) is 24.5 Å².